The van der Waals surface area contributed by atoms with Crippen molar-refractivity contribution in [1.82, 2.24) is 0 Å². The van der Waals surface area contributed by atoms with Crippen molar-refractivity contribution in [2.45, 2.75) is 362 Å². The maximum Gasteiger partial charge on any atom is 2.00 e. The maximum atomic E-state index is 10.2. The Balaban J connectivity index is -0.000000196. The summed E-state index contributed by atoms with van der Waals surface area (Å²) in [7, 11) is 0. The number of unbranched alkanes of at least 4 members (excludes halogenated alkanes) is 44. The van der Waals surface area contributed by atoms with Crippen molar-refractivity contribution < 1.29 is 59.1 Å². The number of hydrogen-bond acceptors (Lipinski definition) is 8. The molecule has 0 radical (unpaired) electrons. The van der Waals surface area contributed by atoms with E-state index in [1.54, 1.807) is 0 Å². The van der Waals surface area contributed by atoms with Crippen LogP contribution >= 0.6 is 0 Å². The first-order valence-electron chi connectivity index (χ1n) is 29.9. The van der Waals surface area contributed by atoms with E-state index in [0.717, 1.165) is 51.4 Å². The van der Waals surface area contributed by atoms with Gasteiger partial charge in [-0.25, -0.2) is 0 Å². The zero-order valence-corrected chi connectivity index (χ0v) is 52.6. The average Bonchev–Trinajstić information content (AvgIpc) is 3.30. The first-order valence-corrected chi connectivity index (χ1v) is 29.9. The predicted octanol–water partition coefficient (Wildman–Crippen LogP) is 14.9. The van der Waals surface area contributed by atoms with Gasteiger partial charge in [0.1, 0.15) is 0 Å². The summed E-state index contributed by atoms with van der Waals surface area (Å²) in [5.74, 6) is -3.62. The third kappa shape index (κ3) is 97.1. The molecular formula is C60H116CaO8Zn. The standard InChI is InChI=1S/2C18H36O2.2C12H24O2.Ca.Zn/c2*1-2-3-4-5-6-7-8-9-10-11-12-13-14-15-16-17-18(19)20;2*1-2-3-4-5-6-7-8-9-10-11-12(13)14;;/h2*2-17H2,1H3,(H,19,20);2*2-11H2,1H3,(H,13,14);;/q;;;;2*+2/p-4. The largest absolute Gasteiger partial charge is 2.00 e. The van der Waals surface area contributed by atoms with Crippen LogP contribution in [0.4, 0.5) is 0 Å². The van der Waals surface area contributed by atoms with Crippen LogP contribution in [-0.2, 0) is 38.7 Å². The van der Waals surface area contributed by atoms with Crippen LogP contribution in [0.2, 0.25) is 0 Å². The van der Waals surface area contributed by atoms with Gasteiger partial charge in [0.2, 0.25) is 0 Å². The van der Waals surface area contributed by atoms with Crippen LogP contribution in [0.15, 0.2) is 0 Å². The first-order chi connectivity index (χ1) is 33.1. The molecule has 0 aromatic heterocycles. The summed E-state index contributed by atoms with van der Waals surface area (Å²) in [5.41, 5.74) is 0. The summed E-state index contributed by atoms with van der Waals surface area (Å²) in [4.78, 5) is 40.6. The number of aliphatic carboxylic acids is 4. The second-order valence-electron chi connectivity index (χ2n) is 20.0. The fourth-order valence-electron chi connectivity index (χ4n) is 8.44. The van der Waals surface area contributed by atoms with E-state index in [1.165, 1.54) is 257 Å². The molecule has 0 spiro atoms. The number of hydrogen-bond donors (Lipinski definition) is 0. The summed E-state index contributed by atoms with van der Waals surface area (Å²) < 4.78 is 0. The van der Waals surface area contributed by atoms with Crippen molar-refractivity contribution in [2.75, 3.05) is 0 Å². The zero-order chi connectivity index (χ0) is 51.1. The van der Waals surface area contributed by atoms with E-state index in [1.807, 2.05) is 0 Å². The summed E-state index contributed by atoms with van der Waals surface area (Å²) in [5, 5.41) is 40.6. The van der Waals surface area contributed by atoms with Gasteiger partial charge in [-0.3, -0.25) is 0 Å². The molecule has 0 unspecified atom stereocenters. The number of carboxylic acid groups (broad SMARTS) is 4. The van der Waals surface area contributed by atoms with Crippen molar-refractivity contribution in [3.63, 3.8) is 0 Å². The molecule has 0 rings (SSSR count). The summed E-state index contributed by atoms with van der Waals surface area (Å²) >= 11 is 0. The second kappa shape index (κ2) is 77.7. The van der Waals surface area contributed by atoms with Crippen molar-refractivity contribution in [1.29, 1.82) is 0 Å². The molecular weight excluding hydrogens is 954 g/mol. The van der Waals surface area contributed by atoms with Gasteiger partial charge in [0, 0.05) is 23.9 Å². The Bertz CT molecular complexity index is 908. The number of carbonyl (C=O) groups is 4. The molecule has 0 N–H and O–H groups in total. The van der Waals surface area contributed by atoms with Crippen LogP contribution in [0, 0.1) is 0 Å². The Morgan fingerprint density at radius 3 is 0.371 bits per heavy atom. The monoisotopic (exact) mass is 1070 g/mol. The molecule has 0 aromatic rings. The molecule has 10 heteroatoms. The molecule has 0 saturated carbocycles. The minimum atomic E-state index is -0.909. The molecule has 0 heterocycles. The van der Waals surface area contributed by atoms with Crippen molar-refractivity contribution in [2.24, 2.45) is 0 Å². The number of carboxylic acids is 4. The second-order valence-corrected chi connectivity index (χ2v) is 20.0. The molecule has 0 aliphatic rings. The minimum absolute atomic E-state index is 0. The Labute approximate surface area is 478 Å². The van der Waals surface area contributed by atoms with Crippen LogP contribution in [0.5, 0.6) is 0 Å². The molecule has 0 saturated heterocycles. The van der Waals surface area contributed by atoms with E-state index in [9.17, 15) is 39.6 Å². The number of carbonyl (C=O) groups excluding carboxylic acids is 4. The molecule has 8 nitrogen and oxygen atoms in total. The smallest absolute Gasteiger partial charge is 0.550 e. The molecule has 0 bridgehead atoms. The fourth-order valence-corrected chi connectivity index (χ4v) is 8.44. The zero-order valence-electron chi connectivity index (χ0n) is 47.4. The van der Waals surface area contributed by atoms with E-state index in [0.29, 0.717) is 0 Å². The van der Waals surface area contributed by atoms with Gasteiger partial charge in [0.15, 0.2) is 0 Å². The van der Waals surface area contributed by atoms with Gasteiger partial charge in [-0.15, -0.1) is 0 Å². The van der Waals surface area contributed by atoms with Crippen molar-refractivity contribution >= 4 is 61.6 Å². The fraction of sp³-hybridized carbons (Fsp3) is 0.933. The van der Waals surface area contributed by atoms with Crippen molar-refractivity contribution in [3.05, 3.63) is 0 Å². The van der Waals surface area contributed by atoms with Crippen LogP contribution in [0.1, 0.15) is 362 Å². The van der Waals surface area contributed by atoms with Crippen LogP contribution in [0.25, 0.3) is 0 Å². The molecule has 0 aliphatic carbocycles. The molecule has 0 aromatic carbocycles. The SMILES string of the molecule is CCCCCCCCCCCC(=O)[O-].CCCCCCCCCCCC(=O)[O-].CCCCCCCCCCCCCCCCCC(=O)[O-].CCCCCCCCCCCCCCCCCC(=O)[O-].[Ca+2].[Zn+2]. The van der Waals surface area contributed by atoms with Crippen molar-refractivity contribution in [3.8, 4) is 0 Å². The van der Waals surface area contributed by atoms with E-state index in [2.05, 4.69) is 27.7 Å². The van der Waals surface area contributed by atoms with Gasteiger partial charge < -0.3 is 39.6 Å². The summed E-state index contributed by atoms with van der Waals surface area (Å²) in [6.45, 7) is 8.98. The molecule has 70 heavy (non-hydrogen) atoms. The Morgan fingerprint density at radius 1 is 0.200 bits per heavy atom. The molecule has 0 fully saturated rings. The predicted molar refractivity (Wildman–Crippen MR) is 289 cm³/mol. The summed E-state index contributed by atoms with van der Waals surface area (Å²) in [6.07, 6.45) is 62.0. The molecule has 408 valence electrons. The van der Waals surface area contributed by atoms with E-state index in [-0.39, 0.29) is 82.9 Å². The minimum Gasteiger partial charge on any atom is -0.550 e. The third-order valence-electron chi connectivity index (χ3n) is 12.9. The van der Waals surface area contributed by atoms with Gasteiger partial charge >= 0.3 is 57.2 Å². The normalized spacial score (nSPS) is 10.3. The maximum absolute atomic E-state index is 10.2. The Kier molecular flexibility index (Phi) is 90.0. The third-order valence-corrected chi connectivity index (χ3v) is 12.9. The van der Waals surface area contributed by atoms with E-state index >= 15 is 0 Å². The van der Waals surface area contributed by atoms with Crippen LogP contribution in [-0.4, -0.2) is 61.6 Å². The van der Waals surface area contributed by atoms with E-state index < -0.39 is 23.9 Å². The quantitative estimate of drug-likeness (QED) is 0.0430. The Hall–Kier alpha value is -0.237. The van der Waals surface area contributed by atoms with Gasteiger partial charge in [-0.2, -0.15) is 0 Å². The Morgan fingerprint density at radius 2 is 0.286 bits per heavy atom. The van der Waals surface area contributed by atoms with Crippen LogP contribution in [0.3, 0.4) is 0 Å². The van der Waals surface area contributed by atoms with Gasteiger partial charge in [0.25, 0.3) is 0 Å². The average molecular weight is 1070 g/mol. The number of rotatable bonds is 52. The van der Waals surface area contributed by atoms with Crippen LogP contribution < -0.4 is 20.4 Å². The molecule has 0 amide bonds. The summed E-state index contributed by atoms with van der Waals surface area (Å²) in [6, 6.07) is 0. The first kappa shape index (κ1) is 81.1. The van der Waals surface area contributed by atoms with Gasteiger partial charge in [0.05, 0.1) is 0 Å². The molecule has 0 aliphatic heterocycles. The van der Waals surface area contributed by atoms with Gasteiger partial charge in [-0.1, -0.05) is 310 Å². The van der Waals surface area contributed by atoms with E-state index in [4.69, 9.17) is 0 Å². The van der Waals surface area contributed by atoms with Gasteiger partial charge in [-0.05, 0) is 51.4 Å². The molecule has 0 atom stereocenters. The topological polar surface area (TPSA) is 161 Å².